The van der Waals surface area contributed by atoms with Crippen LogP contribution in [-0.2, 0) is 0 Å². The summed E-state index contributed by atoms with van der Waals surface area (Å²) in [4.78, 5) is 4.40. The summed E-state index contributed by atoms with van der Waals surface area (Å²) in [5.41, 5.74) is 1.14. The molecule has 1 aromatic carbocycles. The van der Waals surface area contributed by atoms with Gasteiger partial charge in [0.05, 0.1) is 6.54 Å². The summed E-state index contributed by atoms with van der Waals surface area (Å²) in [6.07, 6.45) is 0.458. The van der Waals surface area contributed by atoms with Crippen LogP contribution >= 0.6 is 0 Å². The predicted octanol–water partition coefficient (Wildman–Crippen LogP) is 2.34. The zero-order chi connectivity index (χ0) is 17.1. The first-order valence-corrected chi connectivity index (χ1v) is 8.41. The first-order chi connectivity index (χ1) is 11.0. The number of aliphatic hydroxyl groups is 1. The number of hydrogen-bond acceptors (Lipinski definition) is 3. The third-order valence-corrected chi connectivity index (χ3v) is 3.25. The summed E-state index contributed by atoms with van der Waals surface area (Å²) >= 11 is 0. The molecule has 0 spiro atoms. The molecule has 5 heteroatoms. The van der Waals surface area contributed by atoms with Crippen LogP contribution in [0.3, 0.4) is 0 Å². The van der Waals surface area contributed by atoms with E-state index < -0.39 is 6.10 Å². The van der Waals surface area contributed by atoms with E-state index in [0.29, 0.717) is 12.5 Å². The molecule has 0 aliphatic rings. The van der Waals surface area contributed by atoms with Crippen molar-refractivity contribution in [3.05, 3.63) is 29.8 Å². The van der Waals surface area contributed by atoms with Crippen LogP contribution in [0, 0.1) is 12.8 Å². The molecule has 1 rings (SSSR count). The molecule has 1 atom stereocenters. The molecule has 23 heavy (non-hydrogen) atoms. The van der Waals surface area contributed by atoms with Gasteiger partial charge in [0.25, 0.3) is 0 Å². The number of benzene rings is 1. The lowest BCUT2D eigenvalue weighted by Gasteiger charge is -2.14. The summed E-state index contributed by atoms with van der Waals surface area (Å²) in [5, 5.41) is 16.5. The maximum absolute atomic E-state index is 10.0. The Morgan fingerprint density at radius 1 is 1.30 bits per heavy atom. The number of nitrogens with one attached hydrogen (secondary N) is 2. The molecule has 0 fully saturated rings. The summed E-state index contributed by atoms with van der Waals surface area (Å²) in [6, 6.07) is 7.80. The van der Waals surface area contributed by atoms with Crippen molar-refractivity contribution in [2.75, 3.05) is 26.2 Å². The molecule has 0 saturated carbocycles. The molecule has 0 aliphatic carbocycles. The monoisotopic (exact) mass is 321 g/mol. The van der Waals surface area contributed by atoms with E-state index in [1.165, 1.54) is 0 Å². The maximum atomic E-state index is 10.0. The predicted molar refractivity (Wildman–Crippen MR) is 96.1 cm³/mol. The maximum Gasteiger partial charge on any atom is 0.191 e. The van der Waals surface area contributed by atoms with Crippen LogP contribution in [0.15, 0.2) is 29.3 Å². The normalized spacial score (nSPS) is 13.0. The molecule has 5 nitrogen and oxygen atoms in total. The second kappa shape index (κ2) is 10.9. The highest BCUT2D eigenvalue weighted by Gasteiger charge is 2.06. The topological polar surface area (TPSA) is 65.9 Å². The number of ether oxygens (including phenoxy) is 1. The Morgan fingerprint density at radius 3 is 2.74 bits per heavy atom. The third-order valence-electron chi connectivity index (χ3n) is 3.25. The minimum Gasteiger partial charge on any atom is -0.491 e. The van der Waals surface area contributed by atoms with Gasteiger partial charge >= 0.3 is 0 Å². The Morgan fingerprint density at radius 2 is 2.09 bits per heavy atom. The van der Waals surface area contributed by atoms with Gasteiger partial charge in [0.2, 0.25) is 0 Å². The van der Waals surface area contributed by atoms with E-state index >= 15 is 0 Å². The highest BCUT2D eigenvalue weighted by atomic mass is 16.5. The summed E-state index contributed by atoms with van der Waals surface area (Å²) in [5.74, 6) is 2.16. The molecular formula is C18H31N3O2. The van der Waals surface area contributed by atoms with E-state index in [2.05, 4.69) is 29.5 Å². The number of nitrogens with zero attached hydrogens (tertiary/aromatic N) is 1. The molecule has 0 bridgehead atoms. The average molecular weight is 321 g/mol. The van der Waals surface area contributed by atoms with Crippen molar-refractivity contribution < 1.29 is 9.84 Å². The SMILES string of the molecule is CCNC(=NCC(O)COc1cccc(C)c1)NCCC(C)C. The fraction of sp³-hybridized carbons (Fsp3) is 0.611. The molecule has 3 N–H and O–H groups in total. The van der Waals surface area contributed by atoms with Crippen molar-refractivity contribution in [2.45, 2.75) is 40.2 Å². The van der Waals surface area contributed by atoms with Gasteiger partial charge in [0.15, 0.2) is 5.96 Å². The lowest BCUT2D eigenvalue weighted by molar-refractivity contribution is 0.114. The lowest BCUT2D eigenvalue weighted by atomic mass is 10.1. The molecule has 0 aliphatic heterocycles. The second-order valence-corrected chi connectivity index (χ2v) is 6.11. The zero-order valence-corrected chi connectivity index (χ0v) is 14.8. The molecule has 0 saturated heterocycles. The third kappa shape index (κ3) is 9.08. The molecular weight excluding hydrogens is 290 g/mol. The summed E-state index contributed by atoms with van der Waals surface area (Å²) < 4.78 is 5.59. The quantitative estimate of drug-likeness (QED) is 0.482. The second-order valence-electron chi connectivity index (χ2n) is 6.11. The van der Waals surface area contributed by atoms with Crippen molar-refractivity contribution in [3.8, 4) is 5.75 Å². The minimum atomic E-state index is -0.629. The first-order valence-electron chi connectivity index (χ1n) is 8.41. The number of aliphatic hydroxyl groups excluding tert-OH is 1. The van der Waals surface area contributed by atoms with Crippen molar-refractivity contribution in [3.63, 3.8) is 0 Å². The number of aliphatic imine (C=N–C) groups is 1. The Kier molecular flexibility index (Phi) is 9.14. The Hall–Kier alpha value is -1.75. The van der Waals surface area contributed by atoms with Crippen molar-refractivity contribution in [1.82, 2.24) is 10.6 Å². The van der Waals surface area contributed by atoms with Gasteiger partial charge in [-0.25, -0.2) is 0 Å². The van der Waals surface area contributed by atoms with Crippen molar-refractivity contribution in [1.29, 1.82) is 0 Å². The zero-order valence-electron chi connectivity index (χ0n) is 14.8. The highest BCUT2D eigenvalue weighted by Crippen LogP contribution is 2.12. The van der Waals surface area contributed by atoms with E-state index in [9.17, 15) is 5.11 Å². The van der Waals surface area contributed by atoms with E-state index in [0.717, 1.165) is 36.8 Å². The summed E-state index contributed by atoms with van der Waals surface area (Å²) in [6.45, 7) is 10.6. The Bertz CT molecular complexity index is 475. The van der Waals surface area contributed by atoms with Crippen LogP contribution in [0.4, 0.5) is 0 Å². The number of guanidine groups is 1. The molecule has 0 amide bonds. The lowest BCUT2D eigenvalue weighted by Crippen LogP contribution is -2.39. The smallest absolute Gasteiger partial charge is 0.191 e. The summed E-state index contributed by atoms with van der Waals surface area (Å²) in [7, 11) is 0. The Balaban J connectivity index is 2.38. The average Bonchev–Trinajstić information content (AvgIpc) is 2.50. The van der Waals surface area contributed by atoms with Crippen LogP contribution in [-0.4, -0.2) is 43.4 Å². The van der Waals surface area contributed by atoms with Gasteiger partial charge in [0.1, 0.15) is 18.5 Å². The molecule has 1 aromatic rings. The molecule has 130 valence electrons. The van der Waals surface area contributed by atoms with Crippen molar-refractivity contribution in [2.24, 2.45) is 10.9 Å². The molecule has 0 heterocycles. The van der Waals surface area contributed by atoms with Gasteiger partial charge in [-0.1, -0.05) is 26.0 Å². The van der Waals surface area contributed by atoms with Gasteiger partial charge < -0.3 is 20.5 Å². The van der Waals surface area contributed by atoms with Crippen LogP contribution in [0.2, 0.25) is 0 Å². The Labute approximate surface area is 140 Å². The van der Waals surface area contributed by atoms with E-state index in [-0.39, 0.29) is 6.61 Å². The minimum absolute atomic E-state index is 0.234. The molecule has 1 unspecified atom stereocenters. The largest absolute Gasteiger partial charge is 0.491 e. The van der Waals surface area contributed by atoms with E-state index in [4.69, 9.17) is 4.74 Å². The van der Waals surface area contributed by atoms with Crippen LogP contribution in [0.25, 0.3) is 0 Å². The van der Waals surface area contributed by atoms with Crippen LogP contribution in [0.5, 0.6) is 5.75 Å². The molecule has 0 aromatic heterocycles. The fourth-order valence-electron chi connectivity index (χ4n) is 1.97. The standard InChI is InChI=1S/C18H31N3O2/c1-5-19-18(20-10-9-14(2)3)21-12-16(22)13-23-17-8-6-7-15(4)11-17/h6-8,11,14,16,22H,5,9-10,12-13H2,1-4H3,(H2,19,20,21). The van der Waals surface area contributed by atoms with Crippen molar-refractivity contribution >= 4 is 5.96 Å². The van der Waals surface area contributed by atoms with Crippen LogP contribution < -0.4 is 15.4 Å². The molecule has 0 radical (unpaired) electrons. The van der Waals surface area contributed by atoms with Crippen LogP contribution in [0.1, 0.15) is 32.8 Å². The number of aryl methyl sites for hydroxylation is 1. The first kappa shape index (κ1) is 19.3. The van der Waals surface area contributed by atoms with E-state index in [1.54, 1.807) is 0 Å². The van der Waals surface area contributed by atoms with Gasteiger partial charge in [-0.05, 0) is 43.9 Å². The number of hydrogen-bond donors (Lipinski definition) is 3. The van der Waals surface area contributed by atoms with Gasteiger partial charge in [0, 0.05) is 13.1 Å². The van der Waals surface area contributed by atoms with Gasteiger partial charge in [-0.15, -0.1) is 0 Å². The highest BCUT2D eigenvalue weighted by molar-refractivity contribution is 5.79. The fourth-order valence-corrected chi connectivity index (χ4v) is 1.97. The van der Waals surface area contributed by atoms with Gasteiger partial charge in [-0.2, -0.15) is 0 Å². The van der Waals surface area contributed by atoms with Gasteiger partial charge in [-0.3, -0.25) is 4.99 Å². The van der Waals surface area contributed by atoms with E-state index in [1.807, 2.05) is 38.1 Å². The number of rotatable bonds is 9.